The highest BCUT2D eigenvalue weighted by Gasteiger charge is 2.31. The molecular weight excluding hydrogens is 176 g/mol. The molecule has 0 aromatic heterocycles. The summed E-state index contributed by atoms with van der Waals surface area (Å²) in [6.07, 6.45) is 0. The Morgan fingerprint density at radius 2 is 1.79 bits per heavy atom. The zero-order valence-electron chi connectivity index (χ0n) is 10.3. The summed E-state index contributed by atoms with van der Waals surface area (Å²) in [5, 5.41) is 0. The fraction of sp³-hybridized carbons (Fsp3) is 0.909. The lowest BCUT2D eigenvalue weighted by molar-refractivity contribution is -0.136. The van der Waals surface area contributed by atoms with E-state index in [2.05, 4.69) is 0 Å². The van der Waals surface area contributed by atoms with Crippen LogP contribution in [0.1, 0.15) is 41.5 Å². The molecule has 3 heteroatoms. The number of nitrogens with two attached hydrogens (primary N) is 1. The van der Waals surface area contributed by atoms with Crippen molar-refractivity contribution in [3.8, 4) is 0 Å². The van der Waals surface area contributed by atoms with Crippen LogP contribution in [0.15, 0.2) is 0 Å². The monoisotopic (exact) mass is 200 g/mol. The van der Waals surface area contributed by atoms with Gasteiger partial charge in [0.2, 0.25) is 5.91 Å². The van der Waals surface area contributed by atoms with Gasteiger partial charge in [0, 0.05) is 12.6 Å². The van der Waals surface area contributed by atoms with Crippen LogP contribution < -0.4 is 5.73 Å². The summed E-state index contributed by atoms with van der Waals surface area (Å²) < 4.78 is 0. The van der Waals surface area contributed by atoms with Crippen molar-refractivity contribution in [2.45, 2.75) is 53.6 Å². The van der Waals surface area contributed by atoms with Gasteiger partial charge < -0.3 is 10.6 Å². The van der Waals surface area contributed by atoms with E-state index in [-0.39, 0.29) is 17.4 Å². The van der Waals surface area contributed by atoms with Crippen LogP contribution in [0.25, 0.3) is 0 Å². The number of amides is 1. The van der Waals surface area contributed by atoms with Crippen LogP contribution >= 0.6 is 0 Å². The second kappa shape index (κ2) is 4.78. The van der Waals surface area contributed by atoms with Crippen molar-refractivity contribution < 1.29 is 4.79 Å². The normalized spacial score (nSPS) is 14.3. The van der Waals surface area contributed by atoms with E-state index in [1.807, 2.05) is 46.4 Å². The zero-order chi connectivity index (χ0) is 11.5. The van der Waals surface area contributed by atoms with Gasteiger partial charge in [0.1, 0.15) is 0 Å². The smallest absolute Gasteiger partial charge is 0.240 e. The van der Waals surface area contributed by atoms with Crippen molar-refractivity contribution in [3.63, 3.8) is 0 Å². The quantitative estimate of drug-likeness (QED) is 0.752. The van der Waals surface area contributed by atoms with E-state index >= 15 is 0 Å². The summed E-state index contributed by atoms with van der Waals surface area (Å²) in [6.45, 7) is 12.7. The first kappa shape index (κ1) is 13.4. The Morgan fingerprint density at radius 1 is 1.36 bits per heavy atom. The molecule has 1 atom stereocenters. The fourth-order valence-electron chi connectivity index (χ4n) is 1.32. The number of rotatable bonds is 3. The summed E-state index contributed by atoms with van der Waals surface area (Å²) in [5.41, 5.74) is 5.75. The highest BCUT2D eigenvalue weighted by atomic mass is 16.2. The first-order valence-corrected chi connectivity index (χ1v) is 5.27. The van der Waals surface area contributed by atoms with Gasteiger partial charge in [-0.15, -0.1) is 0 Å². The molecule has 3 nitrogen and oxygen atoms in total. The molecule has 0 aliphatic heterocycles. The highest BCUT2D eigenvalue weighted by molar-refractivity contribution is 5.82. The van der Waals surface area contributed by atoms with E-state index in [1.165, 1.54) is 0 Å². The molecule has 0 fully saturated rings. The molecule has 14 heavy (non-hydrogen) atoms. The number of hydrogen-bond donors (Lipinski definition) is 1. The first-order valence-electron chi connectivity index (χ1n) is 5.27. The zero-order valence-corrected chi connectivity index (χ0v) is 10.3. The molecule has 0 bridgehead atoms. The Bertz CT molecular complexity index is 190. The minimum atomic E-state index is -0.412. The Hall–Kier alpha value is -0.570. The van der Waals surface area contributed by atoms with Gasteiger partial charge in [-0.2, -0.15) is 0 Å². The van der Waals surface area contributed by atoms with Crippen LogP contribution in [0.5, 0.6) is 0 Å². The van der Waals surface area contributed by atoms with Crippen molar-refractivity contribution in [1.82, 2.24) is 4.90 Å². The van der Waals surface area contributed by atoms with Crippen LogP contribution in [0.4, 0.5) is 0 Å². The Morgan fingerprint density at radius 3 is 2.00 bits per heavy atom. The van der Waals surface area contributed by atoms with E-state index in [1.54, 1.807) is 0 Å². The largest absolute Gasteiger partial charge is 0.339 e. The van der Waals surface area contributed by atoms with Gasteiger partial charge in [-0.25, -0.2) is 0 Å². The summed E-state index contributed by atoms with van der Waals surface area (Å²) in [7, 11) is 0. The number of hydrogen-bond acceptors (Lipinski definition) is 2. The maximum absolute atomic E-state index is 12.0. The second-order valence-electron chi connectivity index (χ2n) is 5.06. The molecule has 0 aliphatic rings. The molecule has 84 valence electrons. The molecule has 2 N–H and O–H groups in total. The standard InChI is InChI=1S/C11H24N2O/c1-7-13(8(2)3)10(14)9(12)11(4,5)6/h8-9H,7,12H2,1-6H3/t9-/m0/s1. The molecule has 0 aliphatic carbocycles. The lowest BCUT2D eigenvalue weighted by atomic mass is 9.86. The number of likely N-dealkylation sites (N-methyl/N-ethyl adjacent to an activating group) is 1. The molecule has 0 heterocycles. The Balaban J connectivity index is 4.59. The molecule has 0 radical (unpaired) electrons. The summed E-state index contributed by atoms with van der Waals surface area (Å²) in [6, 6.07) is -0.189. The summed E-state index contributed by atoms with van der Waals surface area (Å²) in [4.78, 5) is 13.8. The van der Waals surface area contributed by atoms with Crippen molar-refractivity contribution in [2.75, 3.05) is 6.54 Å². The predicted octanol–water partition coefficient (Wildman–Crippen LogP) is 1.62. The van der Waals surface area contributed by atoms with Gasteiger partial charge in [-0.3, -0.25) is 4.79 Å². The number of nitrogens with zero attached hydrogens (tertiary/aromatic N) is 1. The van der Waals surface area contributed by atoms with Gasteiger partial charge in [0.25, 0.3) is 0 Å². The molecule has 0 rings (SSSR count). The first-order chi connectivity index (χ1) is 6.21. The molecule has 0 aromatic carbocycles. The number of carbonyl (C=O) groups is 1. The molecule has 0 aromatic rings. The predicted molar refractivity (Wildman–Crippen MR) is 60.0 cm³/mol. The topological polar surface area (TPSA) is 46.3 Å². The van der Waals surface area contributed by atoms with E-state index in [9.17, 15) is 4.79 Å². The van der Waals surface area contributed by atoms with Gasteiger partial charge in [-0.05, 0) is 26.2 Å². The van der Waals surface area contributed by atoms with Gasteiger partial charge in [0.05, 0.1) is 6.04 Å². The SMILES string of the molecule is CCN(C(=O)[C@H](N)C(C)(C)C)C(C)C. The second-order valence-corrected chi connectivity index (χ2v) is 5.06. The van der Waals surface area contributed by atoms with Crippen LogP contribution in [-0.2, 0) is 4.79 Å². The van der Waals surface area contributed by atoms with E-state index in [0.717, 1.165) is 6.54 Å². The van der Waals surface area contributed by atoms with E-state index < -0.39 is 6.04 Å². The molecular formula is C11H24N2O. The average molecular weight is 200 g/mol. The maximum atomic E-state index is 12.0. The highest BCUT2D eigenvalue weighted by Crippen LogP contribution is 2.19. The minimum absolute atomic E-state index is 0.0509. The molecule has 0 spiro atoms. The maximum Gasteiger partial charge on any atom is 0.240 e. The average Bonchev–Trinajstić information content (AvgIpc) is 2.01. The van der Waals surface area contributed by atoms with E-state index in [0.29, 0.717) is 0 Å². The van der Waals surface area contributed by atoms with Crippen LogP contribution in [0.2, 0.25) is 0 Å². The van der Waals surface area contributed by atoms with Crippen molar-refractivity contribution in [2.24, 2.45) is 11.1 Å². The van der Waals surface area contributed by atoms with Gasteiger partial charge in [0.15, 0.2) is 0 Å². The Kier molecular flexibility index (Phi) is 4.59. The van der Waals surface area contributed by atoms with Crippen LogP contribution in [0.3, 0.4) is 0 Å². The van der Waals surface area contributed by atoms with Crippen LogP contribution in [-0.4, -0.2) is 29.4 Å². The van der Waals surface area contributed by atoms with Crippen molar-refractivity contribution >= 4 is 5.91 Å². The molecule has 0 saturated heterocycles. The molecule has 0 unspecified atom stereocenters. The molecule has 0 saturated carbocycles. The van der Waals surface area contributed by atoms with E-state index in [4.69, 9.17) is 5.73 Å². The summed E-state index contributed by atoms with van der Waals surface area (Å²) in [5.74, 6) is 0.0509. The lowest BCUT2D eigenvalue weighted by Gasteiger charge is -2.33. The third kappa shape index (κ3) is 3.29. The van der Waals surface area contributed by atoms with Gasteiger partial charge >= 0.3 is 0 Å². The van der Waals surface area contributed by atoms with Crippen molar-refractivity contribution in [3.05, 3.63) is 0 Å². The molecule has 1 amide bonds. The third-order valence-corrected chi connectivity index (χ3v) is 2.45. The Labute approximate surface area is 87.6 Å². The van der Waals surface area contributed by atoms with Crippen molar-refractivity contribution in [1.29, 1.82) is 0 Å². The van der Waals surface area contributed by atoms with Crippen LogP contribution in [0, 0.1) is 5.41 Å². The number of carbonyl (C=O) groups excluding carboxylic acids is 1. The minimum Gasteiger partial charge on any atom is -0.339 e. The summed E-state index contributed by atoms with van der Waals surface area (Å²) >= 11 is 0. The fourth-order valence-corrected chi connectivity index (χ4v) is 1.32. The van der Waals surface area contributed by atoms with Gasteiger partial charge in [-0.1, -0.05) is 20.8 Å². The lowest BCUT2D eigenvalue weighted by Crippen LogP contribution is -2.52. The third-order valence-electron chi connectivity index (χ3n) is 2.45.